The zero-order valence-electron chi connectivity index (χ0n) is 14.8. The normalized spacial score (nSPS) is 11.6. The Morgan fingerprint density at radius 2 is 1.36 bits per heavy atom. The smallest absolute Gasteiger partial charge is 0.0166 e. The SMILES string of the molecule is CCCCCCN(CC=Cc1ccccc1)CCCCCC. The lowest BCUT2D eigenvalue weighted by atomic mass is 10.1. The van der Waals surface area contributed by atoms with Gasteiger partial charge in [0.05, 0.1) is 0 Å². The van der Waals surface area contributed by atoms with Crippen molar-refractivity contribution in [3.63, 3.8) is 0 Å². The van der Waals surface area contributed by atoms with Gasteiger partial charge in [-0.2, -0.15) is 0 Å². The molecule has 0 spiro atoms. The van der Waals surface area contributed by atoms with E-state index in [0.717, 1.165) is 6.54 Å². The average molecular weight is 302 g/mol. The van der Waals surface area contributed by atoms with Crippen molar-refractivity contribution in [2.45, 2.75) is 65.2 Å². The van der Waals surface area contributed by atoms with Gasteiger partial charge in [0.15, 0.2) is 0 Å². The summed E-state index contributed by atoms with van der Waals surface area (Å²) in [4.78, 5) is 2.63. The number of nitrogens with zero attached hydrogens (tertiary/aromatic N) is 1. The maximum Gasteiger partial charge on any atom is 0.0166 e. The quantitative estimate of drug-likeness (QED) is 0.394. The minimum absolute atomic E-state index is 1.09. The minimum atomic E-state index is 1.09. The van der Waals surface area contributed by atoms with Crippen molar-refractivity contribution in [2.24, 2.45) is 0 Å². The summed E-state index contributed by atoms with van der Waals surface area (Å²) in [5.74, 6) is 0. The third-order valence-electron chi connectivity index (χ3n) is 4.13. The summed E-state index contributed by atoms with van der Waals surface area (Å²) in [7, 11) is 0. The molecule has 0 aliphatic rings. The van der Waals surface area contributed by atoms with E-state index in [1.807, 2.05) is 0 Å². The van der Waals surface area contributed by atoms with Gasteiger partial charge >= 0.3 is 0 Å². The maximum absolute atomic E-state index is 2.63. The van der Waals surface area contributed by atoms with Crippen molar-refractivity contribution in [2.75, 3.05) is 19.6 Å². The van der Waals surface area contributed by atoms with E-state index in [9.17, 15) is 0 Å². The Morgan fingerprint density at radius 3 is 1.91 bits per heavy atom. The monoisotopic (exact) mass is 301 g/mol. The van der Waals surface area contributed by atoms with Crippen LogP contribution in [-0.2, 0) is 0 Å². The van der Waals surface area contributed by atoms with Crippen molar-refractivity contribution in [1.82, 2.24) is 4.90 Å². The molecule has 1 heteroatoms. The molecule has 124 valence electrons. The predicted molar refractivity (Wildman–Crippen MR) is 100 cm³/mol. The molecule has 0 aliphatic heterocycles. The van der Waals surface area contributed by atoms with Gasteiger partial charge in [-0.3, -0.25) is 4.90 Å². The van der Waals surface area contributed by atoms with E-state index in [1.54, 1.807) is 0 Å². The van der Waals surface area contributed by atoms with Crippen LogP contribution >= 0.6 is 0 Å². The van der Waals surface area contributed by atoms with Gasteiger partial charge in [-0.25, -0.2) is 0 Å². The molecule has 1 aromatic rings. The number of benzene rings is 1. The zero-order valence-corrected chi connectivity index (χ0v) is 14.8. The first-order valence-corrected chi connectivity index (χ1v) is 9.30. The summed E-state index contributed by atoms with van der Waals surface area (Å²) >= 11 is 0. The Bertz CT molecular complexity index is 357. The molecule has 0 aromatic heterocycles. The van der Waals surface area contributed by atoms with Crippen molar-refractivity contribution in [1.29, 1.82) is 0 Å². The van der Waals surface area contributed by atoms with Crippen molar-refractivity contribution in [3.8, 4) is 0 Å². The first-order valence-electron chi connectivity index (χ1n) is 9.30. The van der Waals surface area contributed by atoms with Crippen LogP contribution in [0.3, 0.4) is 0 Å². The summed E-state index contributed by atoms with van der Waals surface area (Å²) in [5, 5.41) is 0. The van der Waals surface area contributed by atoms with Gasteiger partial charge in [0.25, 0.3) is 0 Å². The van der Waals surface area contributed by atoms with Gasteiger partial charge in [-0.1, -0.05) is 94.9 Å². The molecule has 0 saturated heterocycles. The number of unbranched alkanes of at least 4 members (excludes halogenated alkanes) is 6. The fraction of sp³-hybridized carbons (Fsp3) is 0.619. The van der Waals surface area contributed by atoms with Crippen LogP contribution in [0.5, 0.6) is 0 Å². The van der Waals surface area contributed by atoms with E-state index in [4.69, 9.17) is 0 Å². The van der Waals surface area contributed by atoms with Gasteiger partial charge < -0.3 is 0 Å². The van der Waals surface area contributed by atoms with Crippen molar-refractivity contribution >= 4 is 6.08 Å². The molecule has 1 nitrogen and oxygen atoms in total. The lowest BCUT2D eigenvalue weighted by Gasteiger charge is -2.20. The topological polar surface area (TPSA) is 3.24 Å². The van der Waals surface area contributed by atoms with E-state index >= 15 is 0 Å². The third-order valence-corrected chi connectivity index (χ3v) is 4.13. The summed E-state index contributed by atoms with van der Waals surface area (Å²) < 4.78 is 0. The molecule has 0 aliphatic carbocycles. The number of rotatable bonds is 13. The Hall–Kier alpha value is -1.08. The molecular formula is C21H35N. The van der Waals surface area contributed by atoms with E-state index in [0.29, 0.717) is 0 Å². The highest BCUT2D eigenvalue weighted by Crippen LogP contribution is 2.07. The average Bonchev–Trinajstić information content (AvgIpc) is 2.56. The molecule has 0 radical (unpaired) electrons. The number of hydrogen-bond donors (Lipinski definition) is 0. The lowest BCUT2D eigenvalue weighted by Crippen LogP contribution is -2.26. The van der Waals surface area contributed by atoms with Crippen LogP contribution in [-0.4, -0.2) is 24.5 Å². The molecule has 0 amide bonds. The summed E-state index contributed by atoms with van der Waals surface area (Å²) in [6.45, 7) is 8.17. The van der Waals surface area contributed by atoms with Crippen LogP contribution in [0.2, 0.25) is 0 Å². The molecule has 0 heterocycles. The molecule has 0 fully saturated rings. The highest BCUT2D eigenvalue weighted by Gasteiger charge is 2.02. The molecular weight excluding hydrogens is 266 g/mol. The van der Waals surface area contributed by atoms with E-state index in [1.165, 1.54) is 70.0 Å². The van der Waals surface area contributed by atoms with Gasteiger partial charge in [0.1, 0.15) is 0 Å². The van der Waals surface area contributed by atoms with Crippen LogP contribution < -0.4 is 0 Å². The van der Waals surface area contributed by atoms with Gasteiger partial charge in [-0.15, -0.1) is 0 Å². The van der Waals surface area contributed by atoms with Gasteiger partial charge in [-0.05, 0) is 31.5 Å². The molecule has 0 saturated carbocycles. The molecule has 1 aromatic carbocycles. The molecule has 0 atom stereocenters. The van der Waals surface area contributed by atoms with Crippen molar-refractivity contribution < 1.29 is 0 Å². The summed E-state index contributed by atoms with van der Waals surface area (Å²) in [6.07, 6.45) is 15.4. The molecule has 0 N–H and O–H groups in total. The largest absolute Gasteiger partial charge is 0.300 e. The summed E-state index contributed by atoms with van der Waals surface area (Å²) in [6, 6.07) is 10.6. The van der Waals surface area contributed by atoms with Crippen LogP contribution in [0.4, 0.5) is 0 Å². The lowest BCUT2D eigenvalue weighted by molar-refractivity contribution is 0.287. The first-order chi connectivity index (χ1) is 10.9. The van der Waals surface area contributed by atoms with Gasteiger partial charge in [0, 0.05) is 6.54 Å². The highest BCUT2D eigenvalue weighted by atomic mass is 15.1. The van der Waals surface area contributed by atoms with E-state index in [2.05, 4.69) is 61.2 Å². The first kappa shape index (κ1) is 19.0. The Balaban J connectivity index is 2.33. The second-order valence-corrected chi connectivity index (χ2v) is 6.23. The molecule has 22 heavy (non-hydrogen) atoms. The van der Waals surface area contributed by atoms with E-state index < -0.39 is 0 Å². The fourth-order valence-electron chi connectivity index (χ4n) is 2.72. The molecule has 0 unspecified atom stereocenters. The van der Waals surface area contributed by atoms with Crippen LogP contribution in [0, 0.1) is 0 Å². The maximum atomic E-state index is 2.63. The molecule has 0 bridgehead atoms. The van der Waals surface area contributed by atoms with Crippen LogP contribution in [0.1, 0.15) is 70.8 Å². The standard InChI is InChI=1S/C21H35N/c1-3-5-7-12-18-22(19-13-8-6-4-2)20-14-17-21-15-10-9-11-16-21/h9-11,14-17H,3-8,12-13,18-20H2,1-2H3. The van der Waals surface area contributed by atoms with Gasteiger partial charge in [0.2, 0.25) is 0 Å². The summed E-state index contributed by atoms with van der Waals surface area (Å²) in [5.41, 5.74) is 1.31. The Kier molecular flexibility index (Phi) is 11.7. The van der Waals surface area contributed by atoms with Crippen molar-refractivity contribution in [3.05, 3.63) is 42.0 Å². The van der Waals surface area contributed by atoms with E-state index in [-0.39, 0.29) is 0 Å². The Labute approximate surface area is 138 Å². The third kappa shape index (κ3) is 9.78. The Morgan fingerprint density at radius 1 is 0.773 bits per heavy atom. The predicted octanol–water partition coefficient (Wildman–Crippen LogP) is 6.16. The fourth-order valence-corrected chi connectivity index (χ4v) is 2.72. The molecule has 1 rings (SSSR count). The van der Waals surface area contributed by atoms with Crippen LogP contribution in [0.25, 0.3) is 6.08 Å². The van der Waals surface area contributed by atoms with Crippen LogP contribution in [0.15, 0.2) is 36.4 Å². The minimum Gasteiger partial charge on any atom is -0.300 e. The number of hydrogen-bond acceptors (Lipinski definition) is 1. The second kappa shape index (κ2) is 13.6. The highest BCUT2D eigenvalue weighted by molar-refractivity contribution is 5.48. The zero-order chi connectivity index (χ0) is 15.9. The second-order valence-electron chi connectivity index (χ2n) is 6.23.